The van der Waals surface area contributed by atoms with Crippen molar-refractivity contribution in [3.8, 4) is 0 Å². The Hall–Kier alpha value is -2.37. The van der Waals surface area contributed by atoms with Gasteiger partial charge in [-0.1, -0.05) is 25.3 Å². The fraction of sp³-hybridized carbons (Fsp3) is 0.550. The summed E-state index contributed by atoms with van der Waals surface area (Å²) in [5.74, 6) is -2.25. The predicted molar refractivity (Wildman–Crippen MR) is 101 cm³/mol. The van der Waals surface area contributed by atoms with Crippen molar-refractivity contribution >= 4 is 29.1 Å². The quantitative estimate of drug-likeness (QED) is 0.727. The molecule has 0 radical (unpaired) electrons. The largest absolute Gasteiger partial charge is 0.353 e. The first kappa shape index (κ1) is 18.4. The number of carbonyl (C=O) groups excluding carboxylic acids is 3. The molecule has 3 N–H and O–H groups in total. The number of amides is 3. The Bertz CT molecular complexity index is 736. The van der Waals surface area contributed by atoms with Crippen LogP contribution in [-0.4, -0.2) is 23.8 Å². The molecule has 0 aromatic heterocycles. The van der Waals surface area contributed by atoms with Gasteiger partial charge in [-0.2, -0.15) is 0 Å². The summed E-state index contributed by atoms with van der Waals surface area (Å²) >= 11 is 0. The van der Waals surface area contributed by atoms with E-state index in [0.717, 1.165) is 31.2 Å². The third kappa shape index (κ3) is 3.59. The van der Waals surface area contributed by atoms with Crippen molar-refractivity contribution in [1.29, 1.82) is 0 Å². The maximum absolute atomic E-state index is 12.9. The Morgan fingerprint density at radius 3 is 2.31 bits per heavy atom. The Kier molecular flexibility index (Phi) is 5.03. The van der Waals surface area contributed by atoms with Crippen LogP contribution in [0.2, 0.25) is 0 Å². The van der Waals surface area contributed by atoms with Crippen LogP contribution in [0, 0.1) is 18.3 Å². The molecule has 1 aliphatic carbocycles. The Morgan fingerprint density at radius 1 is 1.04 bits per heavy atom. The summed E-state index contributed by atoms with van der Waals surface area (Å²) in [6.45, 7) is 5.24. The first-order valence-corrected chi connectivity index (χ1v) is 9.32. The molecule has 3 rings (SSSR count). The van der Waals surface area contributed by atoms with E-state index in [9.17, 15) is 14.4 Å². The molecule has 1 heterocycles. The highest BCUT2D eigenvalue weighted by Crippen LogP contribution is 2.35. The van der Waals surface area contributed by atoms with Gasteiger partial charge < -0.3 is 16.0 Å². The van der Waals surface area contributed by atoms with Crippen LogP contribution in [-0.2, 0) is 14.4 Å². The summed E-state index contributed by atoms with van der Waals surface area (Å²) in [5.41, 5.74) is 0.947. The molecule has 26 heavy (non-hydrogen) atoms. The molecule has 1 aromatic carbocycles. The van der Waals surface area contributed by atoms with Gasteiger partial charge in [-0.15, -0.1) is 0 Å². The number of benzene rings is 1. The second-order valence-corrected chi connectivity index (χ2v) is 7.99. The smallest absolute Gasteiger partial charge is 0.238 e. The van der Waals surface area contributed by atoms with Gasteiger partial charge in [0, 0.05) is 6.04 Å². The van der Waals surface area contributed by atoms with Gasteiger partial charge in [0.2, 0.25) is 17.7 Å². The summed E-state index contributed by atoms with van der Waals surface area (Å²) in [5, 5.41) is 8.65. The maximum atomic E-state index is 12.9. The van der Waals surface area contributed by atoms with Crippen molar-refractivity contribution in [2.75, 3.05) is 10.6 Å². The lowest BCUT2D eigenvalue weighted by atomic mass is 9.76. The summed E-state index contributed by atoms with van der Waals surface area (Å²) < 4.78 is 0. The average molecular weight is 357 g/mol. The van der Waals surface area contributed by atoms with Gasteiger partial charge in [0.25, 0.3) is 0 Å². The minimum absolute atomic E-state index is 0.132. The zero-order valence-corrected chi connectivity index (χ0v) is 15.6. The molecule has 0 bridgehead atoms. The molecule has 140 valence electrons. The number of carbonyl (C=O) groups is 3. The number of aryl methyl sites for hydroxylation is 1. The molecule has 0 saturated heterocycles. The van der Waals surface area contributed by atoms with E-state index in [1.807, 2.05) is 19.1 Å². The average Bonchev–Trinajstić information content (AvgIpc) is 2.70. The lowest BCUT2D eigenvalue weighted by molar-refractivity contribution is -0.144. The normalized spacial score (nSPS) is 21.3. The molecule has 1 saturated carbocycles. The molecule has 1 aliphatic heterocycles. The second-order valence-electron chi connectivity index (χ2n) is 7.99. The van der Waals surface area contributed by atoms with Gasteiger partial charge in [-0.05, 0) is 51.3 Å². The first-order chi connectivity index (χ1) is 12.3. The number of hydrogen-bond donors (Lipinski definition) is 3. The standard InChI is InChI=1S/C20H27N3O3/c1-12-9-10-14-15(11-12)23-18(25)16(17(24)22-14)20(2,3)19(26)21-13-7-5-4-6-8-13/h9-11,13,16H,4-8H2,1-3H3,(H,21,26)(H,22,24)(H,23,25). The van der Waals surface area contributed by atoms with Gasteiger partial charge >= 0.3 is 0 Å². The number of rotatable bonds is 3. The van der Waals surface area contributed by atoms with Crippen molar-refractivity contribution < 1.29 is 14.4 Å². The Labute approximate surface area is 154 Å². The molecule has 1 aromatic rings. The fourth-order valence-electron chi connectivity index (χ4n) is 3.80. The number of fused-ring (bicyclic) bond motifs is 1. The predicted octanol–water partition coefficient (Wildman–Crippen LogP) is 2.98. The van der Waals surface area contributed by atoms with Crippen molar-refractivity contribution in [2.24, 2.45) is 11.3 Å². The van der Waals surface area contributed by atoms with Crippen molar-refractivity contribution in [2.45, 2.75) is 58.9 Å². The van der Waals surface area contributed by atoms with Gasteiger partial charge in [0.05, 0.1) is 16.8 Å². The van der Waals surface area contributed by atoms with Gasteiger partial charge in [0.15, 0.2) is 0 Å². The molecule has 2 aliphatic rings. The maximum Gasteiger partial charge on any atom is 0.238 e. The van der Waals surface area contributed by atoms with Crippen LogP contribution in [0.15, 0.2) is 18.2 Å². The number of nitrogens with one attached hydrogen (secondary N) is 3. The van der Waals surface area contributed by atoms with E-state index in [1.165, 1.54) is 6.42 Å². The zero-order valence-electron chi connectivity index (χ0n) is 15.6. The van der Waals surface area contributed by atoms with Crippen LogP contribution in [0.3, 0.4) is 0 Å². The van der Waals surface area contributed by atoms with Gasteiger partial charge in [0.1, 0.15) is 5.92 Å². The summed E-state index contributed by atoms with van der Waals surface area (Å²) in [6, 6.07) is 5.57. The molecule has 1 unspecified atom stereocenters. The van der Waals surface area contributed by atoms with Crippen LogP contribution >= 0.6 is 0 Å². The highest BCUT2D eigenvalue weighted by Gasteiger charge is 2.47. The first-order valence-electron chi connectivity index (χ1n) is 9.32. The van der Waals surface area contributed by atoms with E-state index in [4.69, 9.17) is 0 Å². The monoisotopic (exact) mass is 357 g/mol. The van der Waals surface area contributed by atoms with E-state index in [-0.39, 0.29) is 11.9 Å². The summed E-state index contributed by atoms with van der Waals surface area (Å²) in [4.78, 5) is 38.4. The SMILES string of the molecule is Cc1ccc2c(c1)NC(=O)C(C(C)(C)C(=O)NC1CCCCC1)C(=O)N2. The molecule has 6 heteroatoms. The lowest BCUT2D eigenvalue weighted by Crippen LogP contribution is -2.52. The molecule has 0 spiro atoms. The highest BCUT2D eigenvalue weighted by atomic mass is 16.2. The van der Waals surface area contributed by atoms with Gasteiger partial charge in [-0.3, -0.25) is 14.4 Å². The minimum Gasteiger partial charge on any atom is -0.353 e. The molecular weight excluding hydrogens is 330 g/mol. The third-order valence-electron chi connectivity index (χ3n) is 5.46. The van der Waals surface area contributed by atoms with Crippen LogP contribution in [0.1, 0.15) is 51.5 Å². The van der Waals surface area contributed by atoms with Crippen LogP contribution < -0.4 is 16.0 Å². The van der Waals surface area contributed by atoms with E-state index in [2.05, 4.69) is 16.0 Å². The molecule has 3 amide bonds. The highest BCUT2D eigenvalue weighted by molar-refractivity contribution is 6.18. The molecule has 1 fully saturated rings. The van der Waals surface area contributed by atoms with Gasteiger partial charge in [-0.25, -0.2) is 0 Å². The molecule has 1 atom stereocenters. The molecular formula is C20H27N3O3. The summed E-state index contributed by atoms with van der Waals surface area (Å²) in [7, 11) is 0. The van der Waals surface area contributed by atoms with E-state index >= 15 is 0 Å². The van der Waals surface area contributed by atoms with Crippen molar-refractivity contribution in [3.05, 3.63) is 23.8 Å². The zero-order chi connectivity index (χ0) is 18.9. The fourth-order valence-corrected chi connectivity index (χ4v) is 3.80. The topological polar surface area (TPSA) is 87.3 Å². The second kappa shape index (κ2) is 7.09. The Morgan fingerprint density at radius 2 is 1.65 bits per heavy atom. The van der Waals surface area contributed by atoms with Crippen LogP contribution in [0.25, 0.3) is 0 Å². The number of anilines is 2. The summed E-state index contributed by atoms with van der Waals surface area (Å²) in [6.07, 6.45) is 5.31. The van der Waals surface area contributed by atoms with E-state index in [1.54, 1.807) is 19.9 Å². The number of hydrogen-bond acceptors (Lipinski definition) is 3. The molecule has 6 nitrogen and oxygen atoms in total. The third-order valence-corrected chi connectivity index (χ3v) is 5.46. The van der Waals surface area contributed by atoms with Crippen LogP contribution in [0.4, 0.5) is 11.4 Å². The Balaban J connectivity index is 1.81. The van der Waals surface area contributed by atoms with Crippen LogP contribution in [0.5, 0.6) is 0 Å². The minimum atomic E-state index is -1.15. The lowest BCUT2D eigenvalue weighted by Gasteiger charge is -2.32. The van der Waals surface area contributed by atoms with E-state index in [0.29, 0.717) is 11.4 Å². The van der Waals surface area contributed by atoms with Crippen molar-refractivity contribution in [1.82, 2.24) is 5.32 Å². The van der Waals surface area contributed by atoms with E-state index < -0.39 is 23.1 Å². The van der Waals surface area contributed by atoms with Crippen molar-refractivity contribution in [3.63, 3.8) is 0 Å².